The van der Waals surface area contributed by atoms with Crippen LogP contribution in [0.15, 0.2) is 12.2 Å². The molecule has 0 saturated heterocycles. The monoisotopic (exact) mass is 342 g/mol. The summed E-state index contributed by atoms with van der Waals surface area (Å²) in [5.41, 5.74) is -1.11. The van der Waals surface area contributed by atoms with Crippen LogP contribution >= 0.6 is 34.8 Å². The summed E-state index contributed by atoms with van der Waals surface area (Å²) in [6, 6.07) is 0. The van der Waals surface area contributed by atoms with Gasteiger partial charge in [-0.3, -0.25) is 4.79 Å². The zero-order chi connectivity index (χ0) is 15.6. The van der Waals surface area contributed by atoms with E-state index in [1.54, 1.807) is 13.8 Å². The molecule has 118 valence electrons. The van der Waals surface area contributed by atoms with Gasteiger partial charge in [0.1, 0.15) is 0 Å². The van der Waals surface area contributed by atoms with Crippen molar-refractivity contribution in [3.05, 3.63) is 12.2 Å². The molecule has 0 N–H and O–H groups in total. The number of rotatable bonds is 9. The summed E-state index contributed by atoms with van der Waals surface area (Å²) in [5.74, 6) is -0.310. The van der Waals surface area contributed by atoms with Crippen LogP contribution in [0.25, 0.3) is 0 Å². The summed E-state index contributed by atoms with van der Waals surface area (Å²) < 4.78 is 3.60. The first-order valence-electron chi connectivity index (χ1n) is 7.10. The van der Waals surface area contributed by atoms with E-state index in [1.807, 2.05) is 6.92 Å². The maximum Gasteiger partial charge on any atom is 0.306 e. The molecule has 0 heterocycles. The second-order valence-electron chi connectivity index (χ2n) is 5.36. The molecule has 0 aromatic heterocycles. The number of unbranched alkanes of at least 4 members (excludes halogenated alkanes) is 5. The highest BCUT2D eigenvalue weighted by Crippen LogP contribution is 2.40. The number of halogens is 3. The highest BCUT2D eigenvalue weighted by atomic mass is 35.6. The van der Waals surface area contributed by atoms with Gasteiger partial charge in [-0.2, -0.15) is 0 Å². The molecule has 0 aliphatic heterocycles. The Labute approximate surface area is 137 Å². The molecular weight excluding hydrogens is 319 g/mol. The number of hydrogen-bond acceptors (Lipinski definition) is 2. The van der Waals surface area contributed by atoms with E-state index in [0.29, 0.717) is 6.42 Å². The van der Waals surface area contributed by atoms with Gasteiger partial charge in [-0.15, -0.1) is 0 Å². The molecule has 0 saturated carbocycles. The van der Waals surface area contributed by atoms with E-state index in [0.717, 1.165) is 25.7 Å². The van der Waals surface area contributed by atoms with Gasteiger partial charge in [0.25, 0.3) is 0 Å². The third kappa shape index (κ3) is 9.10. The van der Waals surface area contributed by atoms with Crippen molar-refractivity contribution in [3.63, 3.8) is 0 Å². The average molecular weight is 344 g/mol. The predicted octanol–water partition coefficient (Wildman–Crippen LogP) is 5.99. The van der Waals surface area contributed by atoms with Crippen molar-refractivity contribution in [2.45, 2.75) is 75.1 Å². The lowest BCUT2D eigenvalue weighted by atomic mass is 10.1. The zero-order valence-corrected chi connectivity index (χ0v) is 14.8. The van der Waals surface area contributed by atoms with Crippen molar-refractivity contribution in [1.82, 2.24) is 0 Å². The Morgan fingerprint density at radius 2 is 1.60 bits per heavy atom. The molecule has 0 aliphatic carbocycles. The first kappa shape index (κ1) is 20.1. The molecule has 20 heavy (non-hydrogen) atoms. The number of carbonyl (C=O) groups is 1. The topological polar surface area (TPSA) is 26.3 Å². The van der Waals surface area contributed by atoms with Gasteiger partial charge in [-0.25, -0.2) is 0 Å². The minimum Gasteiger partial charge on any atom is -0.455 e. The summed E-state index contributed by atoms with van der Waals surface area (Å²) in [5, 5.41) is 0. The number of ether oxygens (including phenoxy) is 1. The SMILES string of the molecule is C/C=C\CCCCCCCC(=O)OC(C)(C)C(Cl)(Cl)Cl. The van der Waals surface area contributed by atoms with Crippen LogP contribution in [0, 0.1) is 0 Å². The first-order valence-corrected chi connectivity index (χ1v) is 8.24. The van der Waals surface area contributed by atoms with Crippen molar-refractivity contribution in [3.8, 4) is 0 Å². The lowest BCUT2D eigenvalue weighted by Crippen LogP contribution is -2.41. The third-order valence-electron chi connectivity index (χ3n) is 3.04. The molecular formula is C15H25Cl3O2. The fourth-order valence-corrected chi connectivity index (χ4v) is 1.74. The third-order valence-corrected chi connectivity index (χ3v) is 4.40. The molecule has 5 heteroatoms. The highest BCUT2D eigenvalue weighted by molar-refractivity contribution is 6.68. The van der Waals surface area contributed by atoms with Gasteiger partial charge in [-0.1, -0.05) is 66.2 Å². The highest BCUT2D eigenvalue weighted by Gasteiger charge is 2.43. The van der Waals surface area contributed by atoms with Crippen LogP contribution in [0.3, 0.4) is 0 Å². The molecule has 0 fully saturated rings. The van der Waals surface area contributed by atoms with E-state index >= 15 is 0 Å². The molecule has 0 bridgehead atoms. The van der Waals surface area contributed by atoms with Crippen molar-refractivity contribution in [2.24, 2.45) is 0 Å². The number of hydrogen-bond donors (Lipinski definition) is 0. The maximum atomic E-state index is 11.7. The van der Waals surface area contributed by atoms with Gasteiger partial charge >= 0.3 is 5.97 Å². The Morgan fingerprint density at radius 1 is 1.05 bits per heavy atom. The molecule has 0 unspecified atom stereocenters. The van der Waals surface area contributed by atoms with E-state index in [4.69, 9.17) is 39.5 Å². The van der Waals surface area contributed by atoms with E-state index in [9.17, 15) is 4.79 Å². The lowest BCUT2D eigenvalue weighted by Gasteiger charge is -2.31. The average Bonchev–Trinajstić information content (AvgIpc) is 2.30. The number of alkyl halides is 3. The van der Waals surface area contributed by atoms with Crippen molar-refractivity contribution in [2.75, 3.05) is 0 Å². The predicted molar refractivity (Wildman–Crippen MR) is 87.6 cm³/mol. The van der Waals surface area contributed by atoms with E-state index < -0.39 is 9.39 Å². The largest absolute Gasteiger partial charge is 0.455 e. The van der Waals surface area contributed by atoms with Crippen LogP contribution in [-0.4, -0.2) is 15.4 Å². The molecule has 0 rings (SSSR count). The molecule has 0 aromatic carbocycles. The smallest absolute Gasteiger partial charge is 0.306 e. The van der Waals surface area contributed by atoms with Gasteiger partial charge in [0.2, 0.25) is 3.79 Å². The van der Waals surface area contributed by atoms with Crippen molar-refractivity contribution in [1.29, 1.82) is 0 Å². The minimum atomic E-state index is -1.62. The molecule has 0 amide bonds. The standard InChI is InChI=1S/C15H25Cl3O2/c1-4-5-6-7-8-9-10-11-12-13(19)20-14(2,3)15(16,17)18/h4-5H,6-12H2,1-3H3/b5-4-. The second-order valence-corrected chi connectivity index (χ2v) is 7.64. The fraction of sp³-hybridized carbons (Fsp3) is 0.800. The Morgan fingerprint density at radius 3 is 2.15 bits per heavy atom. The van der Waals surface area contributed by atoms with Crippen LogP contribution in [0.5, 0.6) is 0 Å². The van der Waals surface area contributed by atoms with E-state index in [2.05, 4.69) is 12.2 Å². The number of allylic oxidation sites excluding steroid dienone is 2. The Kier molecular flexibility index (Phi) is 9.96. The lowest BCUT2D eigenvalue weighted by molar-refractivity contribution is -0.156. The number of esters is 1. The van der Waals surface area contributed by atoms with Crippen LogP contribution < -0.4 is 0 Å². The molecule has 0 spiro atoms. The van der Waals surface area contributed by atoms with E-state index in [-0.39, 0.29) is 5.97 Å². The summed E-state index contributed by atoms with van der Waals surface area (Å²) >= 11 is 17.3. The minimum absolute atomic E-state index is 0.310. The fourth-order valence-electron chi connectivity index (χ4n) is 1.62. The second kappa shape index (κ2) is 9.92. The van der Waals surface area contributed by atoms with Crippen LogP contribution in [0.1, 0.15) is 65.7 Å². The molecule has 0 aromatic rings. The van der Waals surface area contributed by atoms with Gasteiger partial charge < -0.3 is 4.74 Å². The van der Waals surface area contributed by atoms with Crippen LogP contribution in [0.2, 0.25) is 0 Å². The van der Waals surface area contributed by atoms with E-state index in [1.165, 1.54) is 12.8 Å². The quantitative estimate of drug-likeness (QED) is 0.222. The Hall–Kier alpha value is 0.0800. The number of carbonyl (C=O) groups excluding carboxylic acids is 1. The van der Waals surface area contributed by atoms with Crippen molar-refractivity contribution >= 4 is 40.8 Å². The van der Waals surface area contributed by atoms with Crippen LogP contribution in [0.4, 0.5) is 0 Å². The van der Waals surface area contributed by atoms with Gasteiger partial charge in [0, 0.05) is 6.42 Å². The van der Waals surface area contributed by atoms with Crippen LogP contribution in [-0.2, 0) is 9.53 Å². The summed E-state index contributed by atoms with van der Waals surface area (Å²) in [7, 11) is 0. The summed E-state index contributed by atoms with van der Waals surface area (Å²) in [6.45, 7) is 5.22. The molecule has 0 atom stereocenters. The van der Waals surface area contributed by atoms with Gasteiger partial charge in [0.05, 0.1) is 0 Å². The molecule has 0 radical (unpaired) electrons. The summed E-state index contributed by atoms with van der Waals surface area (Å²) in [4.78, 5) is 11.7. The molecule has 0 aliphatic rings. The molecule has 2 nitrogen and oxygen atoms in total. The zero-order valence-electron chi connectivity index (χ0n) is 12.6. The normalized spacial score (nSPS) is 12.9. The Bertz CT molecular complexity index is 307. The maximum absolute atomic E-state index is 11.7. The summed E-state index contributed by atoms with van der Waals surface area (Å²) in [6.07, 6.45) is 11.1. The van der Waals surface area contributed by atoms with Gasteiger partial charge in [0.15, 0.2) is 5.60 Å². The van der Waals surface area contributed by atoms with Crippen molar-refractivity contribution < 1.29 is 9.53 Å². The Balaban J connectivity index is 3.69. The van der Waals surface area contributed by atoms with Gasteiger partial charge in [-0.05, 0) is 40.0 Å². The first-order chi connectivity index (χ1) is 9.20.